The lowest BCUT2D eigenvalue weighted by atomic mass is 10.1. The second-order valence-electron chi connectivity index (χ2n) is 5.10. The highest BCUT2D eigenvalue weighted by atomic mass is 127. The Morgan fingerprint density at radius 1 is 1.12 bits per heavy atom. The fraction of sp³-hybridized carbons (Fsp3) is 0.385. The predicted octanol–water partition coefficient (Wildman–Crippen LogP) is 2.28. The first-order valence-electron chi connectivity index (χ1n) is 6.91. The van der Waals surface area contributed by atoms with E-state index in [-0.39, 0.29) is 30.4 Å². The maximum atomic E-state index is 12.6. The minimum Gasteiger partial charge on any atom is -0.459 e. The highest BCUT2D eigenvalue weighted by molar-refractivity contribution is 14.1. The zero-order valence-corrected chi connectivity index (χ0v) is 22.2. The lowest BCUT2D eigenvalue weighted by molar-refractivity contribution is 0.0471. The summed E-state index contributed by atoms with van der Waals surface area (Å²) in [7, 11) is -4.20. The van der Waals surface area contributed by atoms with Gasteiger partial charge in [-0.25, -0.2) is 4.79 Å². The van der Waals surface area contributed by atoms with Crippen LogP contribution in [0.3, 0.4) is 0 Å². The Bertz CT molecular complexity index is 855. The van der Waals surface area contributed by atoms with E-state index >= 15 is 0 Å². The van der Waals surface area contributed by atoms with Gasteiger partial charge in [-0.3, -0.25) is 9.35 Å². The summed E-state index contributed by atoms with van der Waals surface area (Å²) < 4.78 is 43.4. The quantitative estimate of drug-likeness (QED) is 0.108. The molecular weight excluding hydrogens is 822 g/mol. The Kier molecular flexibility index (Phi) is 8.61. The van der Waals surface area contributed by atoms with Gasteiger partial charge in [0.1, 0.15) is 12.7 Å². The summed E-state index contributed by atoms with van der Waals surface area (Å²) in [5, 5.41) is 2.42. The van der Waals surface area contributed by atoms with Crippen LogP contribution in [0.15, 0.2) is 0 Å². The minimum absolute atomic E-state index is 0.106. The van der Waals surface area contributed by atoms with Crippen molar-refractivity contribution in [3.05, 3.63) is 25.4 Å². The normalized spacial score (nSPS) is 16.3. The zero-order valence-electron chi connectivity index (χ0n) is 12.7. The van der Waals surface area contributed by atoms with Gasteiger partial charge in [0.25, 0.3) is 16.0 Å². The molecule has 1 aliphatic heterocycles. The molecule has 2 N–H and O–H groups in total. The van der Waals surface area contributed by atoms with Crippen LogP contribution >= 0.6 is 90.4 Å². The van der Waals surface area contributed by atoms with Crippen LogP contribution in [-0.2, 0) is 19.6 Å². The van der Waals surface area contributed by atoms with Crippen molar-refractivity contribution >= 4 is 112 Å². The molecule has 26 heavy (non-hydrogen) atoms. The van der Waals surface area contributed by atoms with Gasteiger partial charge in [0, 0.05) is 20.8 Å². The number of nitrogens with one attached hydrogen (secondary N) is 1. The molecule has 0 aliphatic carbocycles. The first-order valence-corrected chi connectivity index (χ1v) is 12.8. The average Bonchev–Trinajstić information content (AvgIpc) is 3.36. The summed E-state index contributed by atoms with van der Waals surface area (Å²) in [6, 6.07) is 0. The van der Waals surface area contributed by atoms with Gasteiger partial charge >= 0.3 is 5.97 Å². The predicted molar refractivity (Wildman–Crippen MR) is 126 cm³/mol. The topological polar surface area (TPSA) is 122 Å². The molecule has 2 rings (SSSR count). The van der Waals surface area contributed by atoms with Gasteiger partial charge in [0.15, 0.2) is 0 Å². The number of hydrogen-bond donors (Lipinski definition) is 2. The SMILES string of the molecule is O=C(NCCS(=O)(=O)O)c1c(I)c(I)c(I)c(I)c1C(=O)OCC1CO1. The van der Waals surface area contributed by atoms with Gasteiger partial charge in [-0.1, -0.05) is 0 Å². The Morgan fingerprint density at radius 3 is 2.15 bits per heavy atom. The van der Waals surface area contributed by atoms with Crippen LogP contribution in [0.2, 0.25) is 0 Å². The number of benzene rings is 1. The molecule has 0 radical (unpaired) electrons. The van der Waals surface area contributed by atoms with E-state index in [1.807, 2.05) is 45.2 Å². The maximum absolute atomic E-state index is 12.6. The van der Waals surface area contributed by atoms with Gasteiger partial charge in [-0.05, 0) is 90.4 Å². The summed E-state index contributed by atoms with van der Waals surface area (Å²) in [4.78, 5) is 25.2. The highest BCUT2D eigenvalue weighted by Gasteiger charge is 2.31. The van der Waals surface area contributed by atoms with E-state index in [4.69, 9.17) is 14.0 Å². The van der Waals surface area contributed by atoms with Crippen molar-refractivity contribution in [1.29, 1.82) is 0 Å². The van der Waals surface area contributed by atoms with E-state index in [0.29, 0.717) is 13.7 Å². The van der Waals surface area contributed by atoms with Gasteiger partial charge in [-0.15, -0.1) is 0 Å². The number of carbonyl (C=O) groups excluding carboxylic acids is 2. The second kappa shape index (κ2) is 9.63. The standard InChI is InChI=1S/C13H11I4NO7S/c14-8-6(12(19)18-1-2-26(21,22)23)7(9(15)11(17)10(8)16)13(20)25-4-5-3-24-5/h5H,1-4H2,(H,18,19)(H,21,22,23). The molecule has 0 saturated carbocycles. The van der Waals surface area contributed by atoms with E-state index in [1.165, 1.54) is 0 Å². The summed E-state index contributed by atoms with van der Waals surface area (Å²) in [5.41, 5.74) is 0.252. The molecular formula is C13H11I4NO7S. The first-order chi connectivity index (χ1) is 12.0. The second-order valence-corrected chi connectivity index (χ2v) is 11.0. The third kappa shape index (κ3) is 6.22. The van der Waals surface area contributed by atoms with Crippen LogP contribution in [-0.4, -0.2) is 56.5 Å². The average molecular weight is 833 g/mol. The summed E-state index contributed by atoms with van der Waals surface area (Å²) in [5.74, 6) is -1.87. The number of rotatable bonds is 7. The van der Waals surface area contributed by atoms with E-state index in [2.05, 4.69) is 50.5 Å². The number of carbonyl (C=O) groups is 2. The van der Waals surface area contributed by atoms with Gasteiger partial charge < -0.3 is 14.8 Å². The lowest BCUT2D eigenvalue weighted by Gasteiger charge is -2.16. The van der Waals surface area contributed by atoms with Crippen LogP contribution in [0.5, 0.6) is 0 Å². The molecule has 1 aromatic carbocycles. The Hall–Kier alpha value is 0.950. The number of ether oxygens (including phenoxy) is 2. The maximum Gasteiger partial charge on any atom is 0.340 e. The van der Waals surface area contributed by atoms with Crippen LogP contribution in [0.4, 0.5) is 0 Å². The van der Waals surface area contributed by atoms with Gasteiger partial charge in [-0.2, -0.15) is 8.42 Å². The van der Waals surface area contributed by atoms with Crippen molar-refractivity contribution in [3.63, 3.8) is 0 Å². The monoisotopic (exact) mass is 833 g/mol. The number of hydrogen-bond acceptors (Lipinski definition) is 6. The number of halogens is 4. The number of esters is 1. The van der Waals surface area contributed by atoms with Gasteiger partial charge in [0.05, 0.1) is 23.5 Å². The van der Waals surface area contributed by atoms with Crippen molar-refractivity contribution in [1.82, 2.24) is 5.32 Å². The molecule has 1 saturated heterocycles. The molecule has 1 amide bonds. The Morgan fingerprint density at radius 2 is 1.65 bits per heavy atom. The lowest BCUT2D eigenvalue weighted by Crippen LogP contribution is -2.32. The number of epoxide rings is 1. The molecule has 1 fully saturated rings. The van der Waals surface area contributed by atoms with Crippen LogP contribution in [0, 0.1) is 14.3 Å². The molecule has 0 spiro atoms. The molecule has 8 nitrogen and oxygen atoms in total. The molecule has 0 aromatic heterocycles. The molecule has 1 unspecified atom stereocenters. The number of amides is 1. The molecule has 1 heterocycles. The molecule has 13 heteroatoms. The van der Waals surface area contributed by atoms with Crippen LogP contribution in [0.1, 0.15) is 20.7 Å². The van der Waals surface area contributed by atoms with Crippen molar-refractivity contribution in [2.24, 2.45) is 0 Å². The minimum atomic E-state index is -4.20. The van der Waals surface area contributed by atoms with E-state index in [0.717, 1.165) is 7.14 Å². The largest absolute Gasteiger partial charge is 0.459 e. The van der Waals surface area contributed by atoms with Crippen LogP contribution in [0.25, 0.3) is 0 Å². The third-order valence-electron chi connectivity index (χ3n) is 3.15. The zero-order chi connectivity index (χ0) is 19.6. The first kappa shape index (κ1) is 23.2. The van der Waals surface area contributed by atoms with E-state index in [1.54, 1.807) is 0 Å². The fourth-order valence-electron chi connectivity index (χ4n) is 1.82. The third-order valence-corrected chi connectivity index (χ3v) is 11.3. The van der Waals surface area contributed by atoms with E-state index in [9.17, 15) is 18.0 Å². The van der Waals surface area contributed by atoms with Crippen LogP contribution < -0.4 is 5.32 Å². The molecule has 1 atom stereocenters. The van der Waals surface area contributed by atoms with Gasteiger partial charge in [0.2, 0.25) is 0 Å². The molecule has 144 valence electrons. The van der Waals surface area contributed by atoms with Crippen molar-refractivity contribution in [2.45, 2.75) is 6.10 Å². The molecule has 1 aromatic rings. The Balaban J connectivity index is 2.34. The summed E-state index contributed by atoms with van der Waals surface area (Å²) in [6.45, 7) is 0.365. The summed E-state index contributed by atoms with van der Waals surface area (Å²) in [6.07, 6.45) is -0.106. The Labute approximate surface area is 204 Å². The fourth-order valence-corrected chi connectivity index (χ4v) is 5.84. The highest BCUT2D eigenvalue weighted by Crippen LogP contribution is 2.33. The molecule has 0 bridgehead atoms. The van der Waals surface area contributed by atoms with E-state index < -0.39 is 27.7 Å². The summed E-state index contributed by atoms with van der Waals surface area (Å²) >= 11 is 8.12. The van der Waals surface area contributed by atoms with Crippen molar-refractivity contribution < 1.29 is 32.0 Å². The van der Waals surface area contributed by atoms with Crippen molar-refractivity contribution in [3.8, 4) is 0 Å². The smallest absolute Gasteiger partial charge is 0.340 e. The van der Waals surface area contributed by atoms with Crippen molar-refractivity contribution in [2.75, 3.05) is 25.5 Å². The molecule has 1 aliphatic rings.